The zero-order chi connectivity index (χ0) is 17.2. The molecule has 8 heteroatoms. The van der Waals surface area contributed by atoms with Gasteiger partial charge in [-0.2, -0.15) is 10.1 Å². The van der Waals surface area contributed by atoms with Crippen molar-refractivity contribution in [1.82, 2.24) is 19.7 Å². The second kappa shape index (κ2) is 6.56. The number of hydrogen-bond acceptors (Lipinski definition) is 6. The quantitative estimate of drug-likeness (QED) is 0.772. The van der Waals surface area contributed by atoms with Crippen LogP contribution in [0.2, 0.25) is 0 Å². The molecule has 0 unspecified atom stereocenters. The third-order valence-electron chi connectivity index (χ3n) is 4.27. The number of benzene rings is 1. The van der Waals surface area contributed by atoms with Crippen LogP contribution in [0.1, 0.15) is 0 Å². The Kier molecular flexibility index (Phi) is 4.10. The van der Waals surface area contributed by atoms with Gasteiger partial charge in [0.1, 0.15) is 5.52 Å². The van der Waals surface area contributed by atoms with E-state index in [2.05, 4.69) is 25.2 Å². The number of amides is 1. The van der Waals surface area contributed by atoms with Gasteiger partial charge < -0.3 is 14.6 Å². The Hall–Kier alpha value is -2.87. The second-order valence-electron chi connectivity index (χ2n) is 6.15. The molecule has 1 amide bonds. The Labute approximate surface area is 145 Å². The minimum Gasteiger partial charge on any atom is -0.423 e. The van der Waals surface area contributed by atoms with Crippen LogP contribution in [0.25, 0.3) is 11.1 Å². The molecule has 1 saturated heterocycles. The molecule has 0 spiro atoms. The van der Waals surface area contributed by atoms with Gasteiger partial charge in [0.05, 0.1) is 6.54 Å². The Bertz CT molecular complexity index is 845. The van der Waals surface area contributed by atoms with E-state index >= 15 is 0 Å². The second-order valence-corrected chi connectivity index (χ2v) is 6.15. The molecule has 1 fully saturated rings. The molecule has 0 bridgehead atoms. The number of carbonyl (C=O) groups excluding carboxylic acids is 1. The number of rotatable bonds is 4. The highest BCUT2D eigenvalue weighted by Gasteiger charge is 2.22. The molecule has 1 aliphatic rings. The number of aromatic nitrogens is 3. The number of nitrogens with one attached hydrogen (secondary N) is 1. The van der Waals surface area contributed by atoms with E-state index in [4.69, 9.17) is 4.42 Å². The minimum absolute atomic E-state index is 0.0472. The van der Waals surface area contributed by atoms with E-state index in [0.29, 0.717) is 18.4 Å². The Morgan fingerprint density at radius 2 is 2.00 bits per heavy atom. The third kappa shape index (κ3) is 3.48. The molecule has 0 atom stereocenters. The molecule has 3 heterocycles. The topological polar surface area (TPSA) is 79.4 Å². The predicted molar refractivity (Wildman–Crippen MR) is 94.5 cm³/mol. The van der Waals surface area contributed by atoms with Gasteiger partial charge in [-0.05, 0) is 12.1 Å². The lowest BCUT2D eigenvalue weighted by molar-refractivity contribution is -0.117. The summed E-state index contributed by atoms with van der Waals surface area (Å²) in [6.45, 7) is 3.49. The average molecular weight is 340 g/mol. The summed E-state index contributed by atoms with van der Waals surface area (Å²) in [5.74, 6) is 0.534. The predicted octanol–water partition coefficient (Wildman–Crippen LogP) is 1.32. The fourth-order valence-corrected chi connectivity index (χ4v) is 2.96. The zero-order valence-corrected chi connectivity index (χ0v) is 14.1. The molecule has 3 aromatic rings. The maximum Gasteiger partial charge on any atom is 0.298 e. The van der Waals surface area contributed by atoms with E-state index in [0.717, 1.165) is 37.3 Å². The van der Waals surface area contributed by atoms with Gasteiger partial charge in [0.25, 0.3) is 6.01 Å². The fourth-order valence-electron chi connectivity index (χ4n) is 2.96. The van der Waals surface area contributed by atoms with Gasteiger partial charge >= 0.3 is 0 Å². The number of fused-ring (bicyclic) bond motifs is 1. The monoisotopic (exact) mass is 340 g/mol. The molecular weight excluding hydrogens is 320 g/mol. The van der Waals surface area contributed by atoms with Crippen molar-refractivity contribution in [2.75, 3.05) is 42.9 Å². The van der Waals surface area contributed by atoms with Crippen molar-refractivity contribution in [1.29, 1.82) is 0 Å². The molecule has 8 nitrogen and oxygen atoms in total. The van der Waals surface area contributed by atoms with Crippen LogP contribution < -0.4 is 10.2 Å². The van der Waals surface area contributed by atoms with Crippen molar-refractivity contribution in [3.63, 3.8) is 0 Å². The first kappa shape index (κ1) is 15.6. The van der Waals surface area contributed by atoms with Gasteiger partial charge in [-0.25, -0.2) is 0 Å². The number of anilines is 2. The van der Waals surface area contributed by atoms with Crippen molar-refractivity contribution >= 4 is 28.8 Å². The molecule has 0 saturated carbocycles. The van der Waals surface area contributed by atoms with E-state index in [9.17, 15) is 4.79 Å². The molecule has 4 rings (SSSR count). The molecular formula is C17H20N6O2. The first-order chi connectivity index (χ1) is 12.2. The maximum absolute atomic E-state index is 12.1. The number of piperazine rings is 1. The lowest BCUT2D eigenvalue weighted by Gasteiger charge is -2.33. The molecule has 0 aliphatic carbocycles. The Morgan fingerprint density at radius 3 is 2.72 bits per heavy atom. The Morgan fingerprint density at radius 1 is 1.20 bits per heavy atom. The van der Waals surface area contributed by atoms with Crippen molar-refractivity contribution in [2.24, 2.45) is 7.05 Å². The summed E-state index contributed by atoms with van der Waals surface area (Å²) in [7, 11) is 1.82. The highest BCUT2D eigenvalue weighted by Crippen LogP contribution is 2.22. The van der Waals surface area contributed by atoms with Crippen LogP contribution in [0, 0.1) is 0 Å². The van der Waals surface area contributed by atoms with Crippen molar-refractivity contribution in [3.05, 3.63) is 36.5 Å². The van der Waals surface area contributed by atoms with Crippen LogP contribution in [0.3, 0.4) is 0 Å². The highest BCUT2D eigenvalue weighted by molar-refractivity contribution is 5.91. The number of hydrogen-bond donors (Lipinski definition) is 1. The van der Waals surface area contributed by atoms with E-state index in [-0.39, 0.29) is 5.91 Å². The summed E-state index contributed by atoms with van der Waals surface area (Å²) in [4.78, 5) is 20.9. The molecule has 25 heavy (non-hydrogen) atoms. The largest absolute Gasteiger partial charge is 0.423 e. The van der Waals surface area contributed by atoms with Gasteiger partial charge in [0.15, 0.2) is 11.4 Å². The van der Waals surface area contributed by atoms with Gasteiger partial charge in [-0.15, -0.1) is 0 Å². The number of carbonyl (C=O) groups is 1. The van der Waals surface area contributed by atoms with Crippen molar-refractivity contribution in [2.45, 2.75) is 0 Å². The standard InChI is InChI=1S/C17H20N6O2/c1-21-7-6-15(20-21)19-16(24)12-22-8-10-23(11-9-22)17-18-13-4-2-3-5-14(13)25-17/h2-7H,8-12H2,1H3,(H,19,20,24). The van der Waals surface area contributed by atoms with Crippen LogP contribution >= 0.6 is 0 Å². The summed E-state index contributed by atoms with van der Waals surface area (Å²) in [5.41, 5.74) is 1.67. The summed E-state index contributed by atoms with van der Waals surface area (Å²) < 4.78 is 7.47. The third-order valence-corrected chi connectivity index (χ3v) is 4.27. The van der Waals surface area contributed by atoms with Crippen molar-refractivity contribution in [3.8, 4) is 0 Å². The van der Waals surface area contributed by atoms with Crippen LogP contribution in [0.5, 0.6) is 0 Å². The van der Waals surface area contributed by atoms with E-state index in [1.165, 1.54) is 0 Å². The number of nitrogens with zero attached hydrogens (tertiary/aromatic N) is 5. The zero-order valence-electron chi connectivity index (χ0n) is 14.1. The molecule has 0 radical (unpaired) electrons. The highest BCUT2D eigenvalue weighted by atomic mass is 16.4. The number of para-hydroxylation sites is 2. The smallest absolute Gasteiger partial charge is 0.298 e. The lowest BCUT2D eigenvalue weighted by atomic mass is 10.3. The lowest BCUT2D eigenvalue weighted by Crippen LogP contribution is -2.48. The van der Waals surface area contributed by atoms with Crippen LogP contribution in [0.15, 0.2) is 40.9 Å². The SMILES string of the molecule is Cn1ccc(NC(=O)CN2CCN(c3nc4ccccc4o3)CC2)n1. The summed E-state index contributed by atoms with van der Waals surface area (Å²) in [5, 5.41) is 6.97. The van der Waals surface area contributed by atoms with Crippen molar-refractivity contribution < 1.29 is 9.21 Å². The normalized spacial score (nSPS) is 15.6. The van der Waals surface area contributed by atoms with Crippen LogP contribution in [-0.2, 0) is 11.8 Å². The summed E-state index contributed by atoms with van der Waals surface area (Å²) in [6.07, 6.45) is 1.80. The van der Waals surface area contributed by atoms with Crippen LogP contribution in [0.4, 0.5) is 11.8 Å². The fraction of sp³-hybridized carbons (Fsp3) is 0.353. The van der Waals surface area contributed by atoms with E-state index in [1.807, 2.05) is 31.3 Å². The Balaban J connectivity index is 1.31. The molecule has 1 aromatic carbocycles. The van der Waals surface area contributed by atoms with Gasteiger partial charge in [0.2, 0.25) is 5.91 Å². The molecule has 130 valence electrons. The maximum atomic E-state index is 12.1. The van der Waals surface area contributed by atoms with Gasteiger partial charge in [-0.3, -0.25) is 14.4 Å². The first-order valence-corrected chi connectivity index (χ1v) is 8.30. The van der Waals surface area contributed by atoms with Crippen LogP contribution in [-0.4, -0.2) is 58.3 Å². The number of aryl methyl sites for hydroxylation is 1. The molecule has 2 aromatic heterocycles. The number of oxazole rings is 1. The molecule has 1 aliphatic heterocycles. The minimum atomic E-state index is -0.0472. The first-order valence-electron chi connectivity index (χ1n) is 8.30. The van der Waals surface area contributed by atoms with Gasteiger partial charge in [-0.1, -0.05) is 12.1 Å². The van der Waals surface area contributed by atoms with Gasteiger partial charge in [0, 0.05) is 45.5 Å². The summed E-state index contributed by atoms with van der Waals surface area (Å²) >= 11 is 0. The summed E-state index contributed by atoms with van der Waals surface area (Å²) in [6, 6.07) is 10.2. The van der Waals surface area contributed by atoms with E-state index in [1.54, 1.807) is 16.9 Å². The molecule has 1 N–H and O–H groups in total. The average Bonchev–Trinajstić information content (AvgIpc) is 3.21. The van der Waals surface area contributed by atoms with E-state index < -0.39 is 0 Å².